The third-order valence-corrected chi connectivity index (χ3v) is 8.62. The van der Waals surface area contributed by atoms with Gasteiger partial charge in [-0.05, 0) is 64.1 Å². The van der Waals surface area contributed by atoms with Crippen molar-refractivity contribution in [3.63, 3.8) is 0 Å². The zero-order valence-electron chi connectivity index (χ0n) is 34.7. The van der Waals surface area contributed by atoms with Crippen LogP contribution in [0, 0.1) is 56.8 Å². The van der Waals surface area contributed by atoms with Gasteiger partial charge in [-0.25, -0.2) is 49.5 Å². The fourth-order valence-corrected chi connectivity index (χ4v) is 4.93. The second-order valence-corrected chi connectivity index (χ2v) is 13.7. The van der Waals surface area contributed by atoms with Gasteiger partial charge in [0.05, 0.1) is 0 Å². The summed E-state index contributed by atoms with van der Waals surface area (Å²) >= 11 is 0. The zero-order valence-corrected chi connectivity index (χ0v) is 34.7. The summed E-state index contributed by atoms with van der Waals surface area (Å²) in [5, 5.41) is 0. The number of hydrogen-bond donors (Lipinski definition) is 0. The molecular formula is C49H33F11O6. The summed E-state index contributed by atoms with van der Waals surface area (Å²) in [6.45, 7) is 6.51. The van der Waals surface area contributed by atoms with Crippen molar-refractivity contribution in [2.75, 3.05) is 0 Å². The van der Waals surface area contributed by atoms with Gasteiger partial charge in [0, 0.05) is 40.5 Å². The lowest BCUT2D eigenvalue weighted by molar-refractivity contribution is -0.132. The van der Waals surface area contributed by atoms with E-state index >= 15 is 0 Å². The molecule has 0 aliphatic rings. The number of aryl methyl sites for hydroxylation is 3. The average Bonchev–Trinajstić information content (AvgIpc) is 3.29. The van der Waals surface area contributed by atoms with E-state index in [4.69, 9.17) is 0 Å². The minimum atomic E-state index is -1.78. The van der Waals surface area contributed by atoms with Gasteiger partial charge in [0.15, 0.2) is 29.1 Å². The molecule has 6 nitrogen and oxygen atoms in total. The Morgan fingerprint density at radius 1 is 0.348 bits per heavy atom. The van der Waals surface area contributed by atoms with Crippen molar-refractivity contribution in [2.45, 2.75) is 27.7 Å². The van der Waals surface area contributed by atoms with Crippen LogP contribution in [0.3, 0.4) is 0 Å². The van der Waals surface area contributed by atoms with Crippen molar-refractivity contribution in [3.8, 4) is 17.2 Å². The van der Waals surface area contributed by atoms with Crippen LogP contribution in [0.2, 0.25) is 0 Å². The maximum Gasteiger partial charge on any atom is 0.375 e. The largest absolute Gasteiger partial charge is 0.421 e. The van der Waals surface area contributed by atoms with Crippen LogP contribution in [0.15, 0.2) is 145 Å². The Kier molecular flexibility index (Phi) is 17.9. The van der Waals surface area contributed by atoms with Gasteiger partial charge in [-0.1, -0.05) is 89.5 Å². The van der Waals surface area contributed by atoms with Gasteiger partial charge in [-0.15, -0.1) is 0 Å². The highest BCUT2D eigenvalue weighted by atomic mass is 19.2. The minimum absolute atomic E-state index is 0.0610. The minimum Gasteiger partial charge on any atom is -0.421 e. The van der Waals surface area contributed by atoms with Crippen molar-refractivity contribution in [1.82, 2.24) is 0 Å². The van der Waals surface area contributed by atoms with Crippen LogP contribution in [0.4, 0.5) is 48.3 Å². The van der Waals surface area contributed by atoms with Gasteiger partial charge in [0.25, 0.3) is 0 Å². The summed E-state index contributed by atoms with van der Waals surface area (Å²) in [6, 6.07) is 25.2. The Morgan fingerprint density at radius 3 is 1.00 bits per heavy atom. The highest BCUT2D eigenvalue weighted by Gasteiger charge is 2.23. The first-order chi connectivity index (χ1) is 31.1. The normalized spacial score (nSPS) is 11.9. The molecule has 6 aromatic rings. The van der Waals surface area contributed by atoms with E-state index in [1.54, 1.807) is 45.0 Å². The lowest BCUT2D eigenvalue weighted by Crippen LogP contribution is -2.10. The van der Waals surface area contributed by atoms with E-state index in [1.807, 2.05) is 0 Å². The van der Waals surface area contributed by atoms with Gasteiger partial charge in [-0.2, -0.15) is 13.2 Å². The molecule has 0 atom stereocenters. The van der Waals surface area contributed by atoms with Crippen LogP contribution < -0.4 is 14.2 Å². The predicted octanol–water partition coefficient (Wildman–Crippen LogP) is 13.6. The van der Waals surface area contributed by atoms with Crippen molar-refractivity contribution >= 4 is 35.4 Å². The number of carbonyl (C=O) groups excluding carboxylic acids is 3. The molecule has 0 aliphatic heterocycles. The van der Waals surface area contributed by atoms with E-state index in [9.17, 15) is 62.7 Å². The van der Waals surface area contributed by atoms with Crippen molar-refractivity contribution < 1.29 is 76.9 Å². The molecule has 0 unspecified atom stereocenters. The summed E-state index contributed by atoms with van der Waals surface area (Å²) < 4.78 is 161. The Hall–Kier alpha value is -7.82. The maximum absolute atomic E-state index is 13.9. The van der Waals surface area contributed by atoms with E-state index in [1.165, 1.54) is 55.5 Å². The topological polar surface area (TPSA) is 78.9 Å². The van der Waals surface area contributed by atoms with E-state index < -0.39 is 93.5 Å². The molecule has 0 heterocycles. The van der Waals surface area contributed by atoms with Crippen LogP contribution in [0.1, 0.15) is 38.9 Å². The number of ether oxygens (including phenoxy) is 3. The van der Waals surface area contributed by atoms with E-state index in [0.29, 0.717) is 24.3 Å². The third-order valence-electron chi connectivity index (χ3n) is 8.62. The first-order valence-electron chi connectivity index (χ1n) is 18.8. The number of carbonyl (C=O) groups is 3. The first kappa shape index (κ1) is 50.8. The van der Waals surface area contributed by atoms with Crippen molar-refractivity contribution in [2.24, 2.45) is 0 Å². The van der Waals surface area contributed by atoms with Crippen LogP contribution in [0.5, 0.6) is 17.2 Å². The summed E-state index contributed by atoms with van der Waals surface area (Å²) in [7, 11) is 0. The molecule has 66 heavy (non-hydrogen) atoms. The molecule has 0 N–H and O–H groups in total. The first-order valence-corrected chi connectivity index (χ1v) is 18.8. The predicted molar refractivity (Wildman–Crippen MR) is 222 cm³/mol. The van der Waals surface area contributed by atoms with E-state index in [0.717, 1.165) is 47.0 Å². The lowest BCUT2D eigenvalue weighted by atomic mass is 10.1. The van der Waals surface area contributed by atoms with Crippen LogP contribution >= 0.6 is 0 Å². The van der Waals surface area contributed by atoms with Gasteiger partial charge in [-0.3, -0.25) is 0 Å². The fourth-order valence-electron chi connectivity index (χ4n) is 4.93. The number of hydrogen-bond acceptors (Lipinski definition) is 6. The molecule has 6 aromatic carbocycles. The second-order valence-electron chi connectivity index (χ2n) is 13.7. The van der Waals surface area contributed by atoms with Crippen molar-refractivity contribution in [3.05, 3.63) is 213 Å². The molecule has 0 aliphatic carbocycles. The number of esters is 3. The monoisotopic (exact) mass is 926 g/mol. The Labute approximate surface area is 369 Å². The Balaban J connectivity index is 0.000000217. The summed E-state index contributed by atoms with van der Waals surface area (Å²) in [4.78, 5) is 34.5. The van der Waals surface area contributed by atoms with Crippen LogP contribution in [-0.4, -0.2) is 17.9 Å². The van der Waals surface area contributed by atoms with Crippen LogP contribution in [0.25, 0.3) is 17.5 Å². The molecule has 342 valence electrons. The highest BCUT2D eigenvalue weighted by Crippen LogP contribution is 2.28. The van der Waals surface area contributed by atoms with Crippen LogP contribution in [-0.2, 0) is 14.4 Å². The van der Waals surface area contributed by atoms with Gasteiger partial charge in [0.2, 0.25) is 17.5 Å². The molecule has 0 saturated heterocycles. The lowest BCUT2D eigenvalue weighted by Gasteiger charge is -2.06. The average molecular weight is 927 g/mol. The standard InChI is InChI=1S/C17H12F4O2.C16H10F4O2.C16H11F3O2/c1-9-3-5-11(6-4-9)15(20)16(21)17(22)23-12-7-13(18)10(2)14(19)8-12;1-9-2-4-10(5-3-9)14(19)15(20)16(21)22-11-6-7-12(17)13(18)8-11;1-10-2-4-11(5-3-10)14(18)15(19)16(20)21-13-8-6-12(17)7-9-13/h3-8H,1-2H3;2-8H,1H3;2-9H,1H3/b16-15+;2*15-14+. The zero-order chi connectivity index (χ0) is 48.8. The molecule has 0 aromatic heterocycles. The van der Waals surface area contributed by atoms with E-state index in [-0.39, 0.29) is 28.0 Å². The highest BCUT2D eigenvalue weighted by molar-refractivity contribution is 5.96. The Morgan fingerprint density at radius 2 is 0.652 bits per heavy atom. The van der Waals surface area contributed by atoms with Gasteiger partial charge in [0.1, 0.15) is 34.7 Å². The number of benzene rings is 6. The second kappa shape index (κ2) is 23.2. The molecule has 0 spiro atoms. The SMILES string of the molecule is Cc1ccc(/C(F)=C(\F)C(=O)Oc2cc(F)c(C)c(F)c2)cc1.Cc1ccc(/C(F)=C(\F)C(=O)Oc2ccc(F)c(F)c2)cc1.Cc1ccc(/C(F)=C(\F)C(=O)Oc2ccc(F)cc2)cc1. The number of rotatable bonds is 9. The molecule has 6 rings (SSSR count). The smallest absolute Gasteiger partial charge is 0.375 e. The molecule has 0 amide bonds. The summed E-state index contributed by atoms with van der Waals surface area (Å²) in [5.41, 5.74) is 1.93. The third kappa shape index (κ3) is 14.4. The molecular weight excluding hydrogens is 894 g/mol. The maximum atomic E-state index is 13.9. The fraction of sp³-hybridized carbons (Fsp3) is 0.0816. The molecule has 17 heteroatoms. The van der Waals surface area contributed by atoms with Crippen molar-refractivity contribution in [1.29, 1.82) is 0 Å². The molecule has 0 bridgehead atoms. The van der Waals surface area contributed by atoms with E-state index in [2.05, 4.69) is 14.2 Å². The van der Waals surface area contributed by atoms with Gasteiger partial charge >= 0.3 is 17.9 Å². The molecule has 0 fully saturated rings. The van der Waals surface area contributed by atoms with Gasteiger partial charge < -0.3 is 14.2 Å². The molecule has 0 radical (unpaired) electrons. The summed E-state index contributed by atoms with van der Waals surface area (Å²) in [5.74, 6) is -20.0. The number of halogens is 11. The Bertz CT molecular complexity index is 2780. The molecule has 0 saturated carbocycles. The quantitative estimate of drug-likeness (QED) is 0.0622. The summed E-state index contributed by atoms with van der Waals surface area (Å²) in [6.07, 6.45) is 0.